The number of nitrogens with one attached hydrogen (secondary N) is 1. The lowest BCUT2D eigenvalue weighted by molar-refractivity contribution is -0.132. The van der Waals surface area contributed by atoms with Crippen molar-refractivity contribution in [3.05, 3.63) is 17.0 Å². The van der Waals surface area contributed by atoms with Crippen molar-refractivity contribution in [3.63, 3.8) is 0 Å². The van der Waals surface area contributed by atoms with E-state index in [1.165, 1.54) is 11.3 Å². The molecule has 1 atom stereocenters. The molecule has 5 nitrogen and oxygen atoms in total. The van der Waals surface area contributed by atoms with Gasteiger partial charge in [0.2, 0.25) is 5.91 Å². The minimum Gasteiger partial charge on any atom is -0.341 e. The van der Waals surface area contributed by atoms with E-state index in [-0.39, 0.29) is 16.0 Å². The Hall–Kier alpha value is -0.920. The van der Waals surface area contributed by atoms with Crippen molar-refractivity contribution in [1.29, 1.82) is 0 Å². The van der Waals surface area contributed by atoms with Crippen molar-refractivity contribution in [2.24, 2.45) is 5.92 Å². The first-order valence-corrected chi connectivity index (χ1v) is 9.97. The first kappa shape index (κ1) is 17.4. The number of hydrogen-bond donors (Lipinski definition) is 1. The van der Waals surface area contributed by atoms with Crippen molar-refractivity contribution in [2.45, 2.75) is 50.3 Å². The molecule has 1 aromatic rings. The summed E-state index contributed by atoms with van der Waals surface area (Å²) in [4.78, 5) is 15.3. The zero-order valence-electron chi connectivity index (χ0n) is 13.3. The smallest absolute Gasteiger partial charge is 0.250 e. The highest BCUT2D eigenvalue weighted by atomic mass is 32.2. The molecule has 1 aromatic heterocycles. The maximum absolute atomic E-state index is 12.6. The molecule has 1 amide bonds. The maximum Gasteiger partial charge on any atom is 0.250 e. The summed E-state index contributed by atoms with van der Waals surface area (Å²) in [6.45, 7) is 7.31. The van der Waals surface area contributed by atoms with E-state index in [0.717, 1.165) is 30.8 Å². The minimum atomic E-state index is -3.64. The van der Waals surface area contributed by atoms with Crippen molar-refractivity contribution in [2.75, 3.05) is 13.1 Å². The fraction of sp³-hybridized carbons (Fsp3) is 0.667. The van der Waals surface area contributed by atoms with Crippen LogP contribution in [-0.4, -0.2) is 38.4 Å². The molecule has 124 valence electrons. The van der Waals surface area contributed by atoms with Crippen molar-refractivity contribution in [1.82, 2.24) is 9.62 Å². The summed E-state index contributed by atoms with van der Waals surface area (Å²) in [5.41, 5.74) is 0. The van der Waals surface area contributed by atoms with Gasteiger partial charge in [-0.3, -0.25) is 4.79 Å². The SMILES string of the molecule is Cc1ccc(S(=O)(=O)N[C@@H](CC(C)C)C(=O)N2CCCC2)s1. The van der Waals surface area contributed by atoms with Crippen LogP contribution in [0.4, 0.5) is 0 Å². The van der Waals surface area contributed by atoms with Crippen LogP contribution >= 0.6 is 11.3 Å². The van der Waals surface area contributed by atoms with Gasteiger partial charge in [-0.2, -0.15) is 4.72 Å². The monoisotopic (exact) mass is 344 g/mol. The van der Waals surface area contributed by atoms with E-state index in [4.69, 9.17) is 0 Å². The Labute approximate surface area is 136 Å². The predicted molar refractivity (Wildman–Crippen MR) is 88.4 cm³/mol. The second-order valence-corrected chi connectivity index (χ2v) is 9.43. The number of likely N-dealkylation sites (tertiary alicyclic amines) is 1. The molecule has 22 heavy (non-hydrogen) atoms. The number of amides is 1. The third-order valence-corrected chi connectivity index (χ3v) is 6.67. The van der Waals surface area contributed by atoms with Gasteiger partial charge in [-0.05, 0) is 44.2 Å². The van der Waals surface area contributed by atoms with Gasteiger partial charge in [-0.15, -0.1) is 11.3 Å². The topological polar surface area (TPSA) is 66.5 Å². The van der Waals surface area contributed by atoms with Gasteiger partial charge >= 0.3 is 0 Å². The molecule has 0 aromatic carbocycles. The fourth-order valence-corrected chi connectivity index (χ4v) is 5.13. The van der Waals surface area contributed by atoms with Gasteiger partial charge in [-0.1, -0.05) is 13.8 Å². The summed E-state index contributed by atoms with van der Waals surface area (Å²) in [5.74, 6) is 0.146. The first-order valence-electron chi connectivity index (χ1n) is 7.67. The Morgan fingerprint density at radius 1 is 1.32 bits per heavy atom. The average molecular weight is 345 g/mol. The lowest BCUT2D eigenvalue weighted by Gasteiger charge is -2.25. The van der Waals surface area contributed by atoms with Crippen LogP contribution in [0.2, 0.25) is 0 Å². The summed E-state index contributed by atoms with van der Waals surface area (Å²) >= 11 is 1.22. The van der Waals surface area contributed by atoms with E-state index in [9.17, 15) is 13.2 Å². The highest BCUT2D eigenvalue weighted by molar-refractivity contribution is 7.91. The second kappa shape index (κ2) is 7.10. The normalized spacial score (nSPS) is 17.2. The third-order valence-electron chi connectivity index (χ3n) is 3.70. The Kier molecular flexibility index (Phi) is 5.63. The number of aryl methyl sites for hydroxylation is 1. The quantitative estimate of drug-likeness (QED) is 0.861. The molecule has 1 saturated heterocycles. The molecule has 0 aliphatic carbocycles. The number of rotatable bonds is 6. The maximum atomic E-state index is 12.6. The standard InChI is InChI=1S/C15H24N2O3S2/c1-11(2)10-13(15(18)17-8-4-5-9-17)16-22(19,20)14-7-6-12(3)21-14/h6-7,11,13,16H,4-5,8-10H2,1-3H3/t13-/m0/s1. The highest BCUT2D eigenvalue weighted by Crippen LogP contribution is 2.22. The summed E-state index contributed by atoms with van der Waals surface area (Å²) in [6.07, 6.45) is 2.51. The van der Waals surface area contributed by atoms with Crippen molar-refractivity contribution < 1.29 is 13.2 Å². The first-order chi connectivity index (χ1) is 10.3. The molecule has 0 unspecified atom stereocenters. The number of nitrogens with zero attached hydrogens (tertiary/aromatic N) is 1. The Morgan fingerprint density at radius 3 is 2.45 bits per heavy atom. The number of hydrogen-bond acceptors (Lipinski definition) is 4. The van der Waals surface area contributed by atoms with E-state index >= 15 is 0 Å². The second-order valence-electron chi connectivity index (χ2n) is 6.20. The van der Waals surface area contributed by atoms with Crippen LogP contribution in [0, 0.1) is 12.8 Å². The molecule has 1 aliphatic heterocycles. The Morgan fingerprint density at radius 2 is 1.95 bits per heavy atom. The van der Waals surface area contributed by atoms with Gasteiger partial charge < -0.3 is 4.90 Å². The summed E-state index contributed by atoms with van der Waals surface area (Å²) in [7, 11) is -3.64. The molecule has 1 N–H and O–H groups in total. The number of sulfonamides is 1. The molecular weight excluding hydrogens is 320 g/mol. The van der Waals surface area contributed by atoms with Crippen LogP contribution in [0.1, 0.15) is 38.0 Å². The summed E-state index contributed by atoms with van der Waals surface area (Å²) in [5, 5.41) is 0. The van der Waals surface area contributed by atoms with Crippen LogP contribution in [0.5, 0.6) is 0 Å². The zero-order chi connectivity index (χ0) is 16.3. The molecular formula is C15H24N2O3S2. The molecule has 0 radical (unpaired) electrons. The van der Waals surface area contributed by atoms with E-state index in [1.54, 1.807) is 17.0 Å². The van der Waals surface area contributed by atoms with Gasteiger partial charge in [0.05, 0.1) is 0 Å². The Balaban J connectivity index is 2.16. The predicted octanol–water partition coefficient (Wildman–Crippen LogP) is 2.37. The minimum absolute atomic E-state index is 0.0944. The fourth-order valence-electron chi connectivity index (χ4n) is 2.63. The van der Waals surface area contributed by atoms with Crippen LogP contribution < -0.4 is 4.72 Å². The van der Waals surface area contributed by atoms with Crippen molar-refractivity contribution in [3.8, 4) is 0 Å². The van der Waals surface area contributed by atoms with Gasteiger partial charge in [-0.25, -0.2) is 8.42 Å². The van der Waals surface area contributed by atoms with Crippen LogP contribution in [0.15, 0.2) is 16.3 Å². The van der Waals surface area contributed by atoms with Crippen LogP contribution in [0.25, 0.3) is 0 Å². The lowest BCUT2D eigenvalue weighted by Crippen LogP contribution is -2.48. The van der Waals surface area contributed by atoms with E-state index in [1.807, 2.05) is 20.8 Å². The molecule has 1 fully saturated rings. The molecule has 1 aliphatic rings. The zero-order valence-corrected chi connectivity index (χ0v) is 15.0. The van der Waals surface area contributed by atoms with E-state index in [0.29, 0.717) is 6.42 Å². The summed E-state index contributed by atoms with van der Waals surface area (Å²) < 4.78 is 27.9. The molecule has 2 rings (SSSR count). The Bertz CT molecular complexity index is 616. The van der Waals surface area contributed by atoms with Crippen LogP contribution in [0.3, 0.4) is 0 Å². The lowest BCUT2D eigenvalue weighted by atomic mass is 10.0. The molecule has 7 heteroatoms. The third kappa shape index (κ3) is 4.30. The highest BCUT2D eigenvalue weighted by Gasteiger charge is 2.31. The number of carbonyl (C=O) groups is 1. The largest absolute Gasteiger partial charge is 0.341 e. The van der Waals surface area contributed by atoms with Gasteiger partial charge in [0, 0.05) is 18.0 Å². The van der Waals surface area contributed by atoms with Gasteiger partial charge in [0.1, 0.15) is 10.3 Å². The van der Waals surface area contributed by atoms with Crippen molar-refractivity contribution >= 4 is 27.3 Å². The molecule has 2 heterocycles. The molecule has 0 bridgehead atoms. The van der Waals surface area contributed by atoms with Gasteiger partial charge in [0.25, 0.3) is 10.0 Å². The van der Waals surface area contributed by atoms with Gasteiger partial charge in [0.15, 0.2) is 0 Å². The molecule has 0 spiro atoms. The molecule has 0 saturated carbocycles. The van der Waals surface area contributed by atoms with E-state index in [2.05, 4.69) is 4.72 Å². The average Bonchev–Trinajstić information content (AvgIpc) is 3.07. The van der Waals surface area contributed by atoms with Crippen LogP contribution in [-0.2, 0) is 14.8 Å². The summed E-state index contributed by atoms with van der Waals surface area (Å²) in [6, 6.07) is 2.69. The number of carbonyl (C=O) groups excluding carboxylic acids is 1. The van der Waals surface area contributed by atoms with E-state index < -0.39 is 16.1 Å². The number of thiophene rings is 1.